The summed E-state index contributed by atoms with van der Waals surface area (Å²) in [4.78, 5) is 14.9. The van der Waals surface area contributed by atoms with E-state index in [4.69, 9.17) is 37.4 Å². The van der Waals surface area contributed by atoms with Gasteiger partial charge in [-0.1, -0.05) is 35.3 Å². The molecule has 0 aromatic heterocycles. The van der Waals surface area contributed by atoms with Gasteiger partial charge in [-0.25, -0.2) is 0 Å². The quantitative estimate of drug-likeness (QED) is 0.655. The molecule has 2 aromatic rings. The van der Waals surface area contributed by atoms with E-state index in [0.29, 0.717) is 54.1 Å². The smallest absolute Gasteiger partial charge is 0.292 e. The number of hydrogen-bond acceptors (Lipinski definition) is 4. The van der Waals surface area contributed by atoms with E-state index in [9.17, 15) is 4.79 Å². The number of aryl methyl sites for hydroxylation is 1. The van der Waals surface area contributed by atoms with Crippen molar-refractivity contribution in [3.8, 4) is 5.75 Å². The fourth-order valence-electron chi connectivity index (χ4n) is 3.64. The first-order chi connectivity index (χ1) is 13.5. The van der Waals surface area contributed by atoms with Crippen LogP contribution in [-0.2, 0) is 20.1 Å². The molecule has 0 aliphatic carbocycles. The lowest BCUT2D eigenvalue weighted by Crippen LogP contribution is -2.47. The van der Waals surface area contributed by atoms with E-state index in [1.54, 1.807) is 17.0 Å². The second kappa shape index (κ2) is 7.91. The Morgan fingerprint density at radius 3 is 2.64 bits per heavy atom. The van der Waals surface area contributed by atoms with Crippen LogP contribution in [0.25, 0.3) is 0 Å². The number of carbonyl (C=O) groups excluding carboxylic acids is 1. The monoisotopic (exact) mass is 421 g/mol. The van der Waals surface area contributed by atoms with Gasteiger partial charge in [-0.3, -0.25) is 4.79 Å². The Morgan fingerprint density at radius 1 is 1.14 bits per heavy atom. The number of nitrogens with zero attached hydrogens (tertiary/aromatic N) is 1. The molecule has 0 atom stereocenters. The van der Waals surface area contributed by atoms with Crippen LogP contribution in [0.4, 0.5) is 5.69 Å². The minimum atomic E-state index is -1.49. The predicted octanol–water partition coefficient (Wildman–Crippen LogP) is 4.71. The van der Waals surface area contributed by atoms with E-state index in [1.807, 2.05) is 31.2 Å². The summed E-state index contributed by atoms with van der Waals surface area (Å²) in [7, 11) is 0. The number of rotatable bonds is 5. The van der Waals surface area contributed by atoms with E-state index >= 15 is 0 Å². The zero-order chi connectivity index (χ0) is 19.7. The summed E-state index contributed by atoms with van der Waals surface area (Å²) in [5.74, 6) is -0.968. The highest BCUT2D eigenvalue weighted by atomic mass is 35.5. The van der Waals surface area contributed by atoms with Crippen molar-refractivity contribution in [2.75, 3.05) is 31.3 Å². The number of anilines is 1. The molecule has 4 rings (SSSR count). The minimum Gasteiger partial charge on any atom is -0.494 e. The van der Waals surface area contributed by atoms with E-state index in [0.717, 1.165) is 17.7 Å². The standard InChI is InChI=1S/C21H21Cl2NO4/c1-14-5-2-6-15(13-14)26-10-3-9-24-19-17(23)8-7-16(22)18(19)21(20(24)25)27-11-4-12-28-21/h2,5-8,13H,3-4,9-12H2,1H3. The van der Waals surface area contributed by atoms with Crippen LogP contribution in [0.1, 0.15) is 24.0 Å². The number of fused-ring (bicyclic) bond motifs is 2. The Morgan fingerprint density at radius 2 is 1.89 bits per heavy atom. The van der Waals surface area contributed by atoms with Crippen LogP contribution >= 0.6 is 23.2 Å². The number of ether oxygens (including phenoxy) is 3. The lowest BCUT2D eigenvalue weighted by Gasteiger charge is -2.32. The maximum absolute atomic E-state index is 13.3. The third kappa shape index (κ3) is 3.37. The van der Waals surface area contributed by atoms with Crippen molar-refractivity contribution < 1.29 is 19.0 Å². The summed E-state index contributed by atoms with van der Waals surface area (Å²) in [6.07, 6.45) is 1.35. The SMILES string of the molecule is Cc1cccc(OCCCN2C(=O)C3(OCCCO3)c3c(Cl)ccc(Cl)c32)c1. The number of hydrogen-bond donors (Lipinski definition) is 0. The first-order valence-corrected chi connectivity index (χ1v) is 10.1. The van der Waals surface area contributed by atoms with Gasteiger partial charge in [0.2, 0.25) is 0 Å². The third-order valence-electron chi connectivity index (χ3n) is 4.89. The van der Waals surface area contributed by atoms with Crippen LogP contribution in [0, 0.1) is 6.92 Å². The van der Waals surface area contributed by atoms with Crippen molar-refractivity contribution in [3.63, 3.8) is 0 Å². The zero-order valence-corrected chi connectivity index (χ0v) is 17.1. The van der Waals surface area contributed by atoms with Gasteiger partial charge in [-0.15, -0.1) is 0 Å². The maximum atomic E-state index is 13.3. The van der Waals surface area contributed by atoms with Crippen molar-refractivity contribution in [2.45, 2.75) is 25.6 Å². The second-order valence-electron chi connectivity index (χ2n) is 6.90. The van der Waals surface area contributed by atoms with Crippen LogP contribution < -0.4 is 9.64 Å². The summed E-state index contributed by atoms with van der Waals surface area (Å²) in [6.45, 7) is 3.76. The highest BCUT2D eigenvalue weighted by Crippen LogP contribution is 2.51. The first kappa shape index (κ1) is 19.5. The molecule has 2 aliphatic heterocycles. The average molecular weight is 422 g/mol. The fraction of sp³-hybridized carbons (Fsp3) is 0.381. The normalized spacial score (nSPS) is 17.8. The highest BCUT2D eigenvalue weighted by molar-refractivity contribution is 6.38. The van der Waals surface area contributed by atoms with E-state index in [2.05, 4.69) is 0 Å². The molecule has 0 unspecified atom stereocenters. The van der Waals surface area contributed by atoms with Gasteiger partial charge in [0.15, 0.2) is 0 Å². The molecule has 2 aliphatic rings. The maximum Gasteiger partial charge on any atom is 0.292 e. The van der Waals surface area contributed by atoms with E-state index < -0.39 is 5.79 Å². The van der Waals surface area contributed by atoms with Crippen LogP contribution in [0.2, 0.25) is 10.0 Å². The summed E-state index contributed by atoms with van der Waals surface area (Å²) >= 11 is 12.9. The summed E-state index contributed by atoms with van der Waals surface area (Å²) in [6, 6.07) is 11.2. The van der Waals surface area contributed by atoms with Crippen molar-refractivity contribution in [2.24, 2.45) is 0 Å². The van der Waals surface area contributed by atoms with Gasteiger partial charge in [0.25, 0.3) is 11.7 Å². The molecule has 5 nitrogen and oxygen atoms in total. The van der Waals surface area contributed by atoms with Gasteiger partial charge in [0.05, 0.1) is 41.1 Å². The molecule has 1 spiro atoms. The van der Waals surface area contributed by atoms with Gasteiger partial charge < -0.3 is 19.1 Å². The summed E-state index contributed by atoms with van der Waals surface area (Å²) in [5.41, 5.74) is 2.21. The molecule has 7 heteroatoms. The number of amides is 1. The molecule has 0 N–H and O–H groups in total. The van der Waals surface area contributed by atoms with Crippen molar-refractivity contribution in [1.29, 1.82) is 0 Å². The molecule has 0 saturated carbocycles. The Labute approximate surface area is 174 Å². The first-order valence-electron chi connectivity index (χ1n) is 9.31. The third-order valence-corrected chi connectivity index (χ3v) is 5.51. The van der Waals surface area contributed by atoms with Crippen LogP contribution in [0.3, 0.4) is 0 Å². The molecule has 148 valence electrons. The van der Waals surface area contributed by atoms with E-state index in [1.165, 1.54) is 0 Å². The van der Waals surface area contributed by atoms with Crippen LogP contribution in [-0.4, -0.2) is 32.3 Å². The zero-order valence-electron chi connectivity index (χ0n) is 15.5. The lowest BCUT2D eigenvalue weighted by atomic mass is 10.1. The number of carbonyl (C=O) groups is 1. The minimum absolute atomic E-state index is 0.284. The average Bonchev–Trinajstić information content (AvgIpc) is 2.92. The fourth-order valence-corrected chi connectivity index (χ4v) is 4.17. The summed E-state index contributed by atoms with van der Waals surface area (Å²) < 4.78 is 17.5. The van der Waals surface area contributed by atoms with Crippen LogP contribution in [0.15, 0.2) is 36.4 Å². The molecule has 1 fully saturated rings. The van der Waals surface area contributed by atoms with Crippen molar-refractivity contribution >= 4 is 34.8 Å². The number of benzene rings is 2. The molecule has 2 aromatic carbocycles. The predicted molar refractivity (Wildman–Crippen MR) is 108 cm³/mol. The molecule has 1 amide bonds. The van der Waals surface area contributed by atoms with Gasteiger partial charge >= 0.3 is 0 Å². The topological polar surface area (TPSA) is 48.0 Å². The molecular formula is C21H21Cl2NO4. The van der Waals surface area contributed by atoms with Gasteiger partial charge in [0, 0.05) is 6.54 Å². The lowest BCUT2D eigenvalue weighted by molar-refractivity contribution is -0.256. The van der Waals surface area contributed by atoms with E-state index in [-0.39, 0.29) is 5.91 Å². The second-order valence-corrected chi connectivity index (χ2v) is 7.71. The highest BCUT2D eigenvalue weighted by Gasteiger charge is 2.56. The van der Waals surface area contributed by atoms with Gasteiger partial charge in [-0.2, -0.15) is 0 Å². The molecule has 0 bridgehead atoms. The number of halogens is 2. The molecule has 0 radical (unpaired) electrons. The molecule has 1 saturated heterocycles. The Bertz CT molecular complexity index is 896. The Kier molecular flexibility index (Phi) is 5.52. The van der Waals surface area contributed by atoms with Gasteiger partial charge in [-0.05, 0) is 49.6 Å². The summed E-state index contributed by atoms with van der Waals surface area (Å²) in [5, 5.41) is 0.857. The Hall–Kier alpha value is -1.79. The largest absolute Gasteiger partial charge is 0.494 e. The van der Waals surface area contributed by atoms with Crippen molar-refractivity contribution in [3.05, 3.63) is 57.6 Å². The van der Waals surface area contributed by atoms with Crippen LogP contribution in [0.5, 0.6) is 5.75 Å². The molecule has 2 heterocycles. The molecular weight excluding hydrogens is 401 g/mol. The Balaban J connectivity index is 1.53. The molecule has 28 heavy (non-hydrogen) atoms. The van der Waals surface area contributed by atoms with Gasteiger partial charge in [0.1, 0.15) is 5.75 Å². The van der Waals surface area contributed by atoms with Crippen molar-refractivity contribution in [1.82, 2.24) is 0 Å².